The van der Waals surface area contributed by atoms with Crippen LogP contribution in [0.15, 0.2) is 30.3 Å². The van der Waals surface area contributed by atoms with Crippen LogP contribution < -0.4 is 0 Å². The zero-order valence-electron chi connectivity index (χ0n) is 10.1. The Morgan fingerprint density at radius 2 is 1.94 bits per heavy atom. The van der Waals surface area contributed by atoms with Crippen LogP contribution in [-0.4, -0.2) is 12.4 Å². The van der Waals surface area contributed by atoms with E-state index >= 15 is 0 Å². The first-order chi connectivity index (χ1) is 7.70. The molecule has 0 spiro atoms. The van der Waals surface area contributed by atoms with Gasteiger partial charge in [0.05, 0.1) is 6.10 Å². The van der Waals surface area contributed by atoms with Gasteiger partial charge >= 0.3 is 0 Å². The fraction of sp³-hybridized carbons (Fsp3) is 0.500. The van der Waals surface area contributed by atoms with Gasteiger partial charge in [-0.1, -0.05) is 30.3 Å². The zero-order chi connectivity index (χ0) is 11.8. The van der Waals surface area contributed by atoms with Crippen molar-refractivity contribution in [3.63, 3.8) is 0 Å². The molecule has 1 atom stereocenters. The second-order valence-electron chi connectivity index (χ2n) is 4.08. The molecule has 1 rings (SSSR count). The van der Waals surface area contributed by atoms with Crippen LogP contribution in [0, 0.1) is 0 Å². The molecule has 1 aromatic rings. The first kappa shape index (κ1) is 12.9. The highest BCUT2D eigenvalue weighted by Gasteiger charge is 2.04. The molecule has 0 aromatic heterocycles. The molecule has 2 nitrogen and oxygen atoms in total. The summed E-state index contributed by atoms with van der Waals surface area (Å²) in [5, 5.41) is 0. The summed E-state index contributed by atoms with van der Waals surface area (Å²) in [5.74, 6) is 0.260. The molecule has 0 amide bonds. The number of carbonyl (C=O) groups excluding carboxylic acids is 1. The number of rotatable bonds is 7. The molecule has 2 heteroatoms. The minimum absolute atomic E-state index is 0.138. The fourth-order valence-corrected chi connectivity index (χ4v) is 1.56. The van der Waals surface area contributed by atoms with Crippen LogP contribution in [0.25, 0.3) is 0 Å². The third-order valence-electron chi connectivity index (χ3n) is 2.56. The fourth-order valence-electron chi connectivity index (χ4n) is 1.56. The Kier molecular flexibility index (Phi) is 5.79. The van der Waals surface area contributed by atoms with E-state index in [1.165, 1.54) is 5.56 Å². The van der Waals surface area contributed by atoms with Crippen molar-refractivity contribution in [2.45, 2.75) is 39.2 Å². The molecule has 0 aliphatic heterocycles. The normalized spacial score (nSPS) is 12.4. The number of hydrogen-bond acceptors (Lipinski definition) is 2. The van der Waals surface area contributed by atoms with E-state index in [4.69, 9.17) is 4.74 Å². The lowest BCUT2D eigenvalue weighted by Crippen LogP contribution is -2.02. The zero-order valence-corrected chi connectivity index (χ0v) is 10.1. The van der Waals surface area contributed by atoms with E-state index in [0.29, 0.717) is 6.42 Å². The number of unbranched alkanes of at least 4 members (excludes halogenated alkanes) is 1. The minimum atomic E-state index is 0.138. The molecule has 0 aliphatic rings. The van der Waals surface area contributed by atoms with Crippen molar-refractivity contribution >= 4 is 5.78 Å². The second-order valence-corrected chi connectivity index (χ2v) is 4.08. The average molecular weight is 220 g/mol. The molecule has 16 heavy (non-hydrogen) atoms. The summed E-state index contributed by atoms with van der Waals surface area (Å²) in [5.41, 5.74) is 1.20. The molecule has 0 fully saturated rings. The highest BCUT2D eigenvalue weighted by Crippen LogP contribution is 2.16. The molecule has 0 N–H and O–H groups in total. The van der Waals surface area contributed by atoms with Crippen LogP contribution in [0.3, 0.4) is 0 Å². The third kappa shape index (κ3) is 5.08. The Morgan fingerprint density at radius 3 is 2.56 bits per heavy atom. The van der Waals surface area contributed by atoms with Gasteiger partial charge in [0.25, 0.3) is 0 Å². The van der Waals surface area contributed by atoms with Gasteiger partial charge in [0, 0.05) is 13.0 Å². The predicted octanol–water partition coefficient (Wildman–Crippen LogP) is 3.52. The standard InChI is InChI=1S/C14H20O2/c1-12(15)8-6-7-11-16-13(2)14-9-4-3-5-10-14/h3-5,9-10,13H,6-8,11H2,1-2H3. The monoisotopic (exact) mass is 220 g/mol. The van der Waals surface area contributed by atoms with E-state index in [1.54, 1.807) is 6.92 Å². The highest BCUT2D eigenvalue weighted by molar-refractivity contribution is 5.75. The Bertz CT molecular complexity index is 306. The molecular weight excluding hydrogens is 200 g/mol. The van der Waals surface area contributed by atoms with Crippen LogP contribution in [-0.2, 0) is 9.53 Å². The number of Topliss-reactive ketones (excluding diaryl/α,β-unsaturated/α-hetero) is 1. The maximum atomic E-state index is 10.7. The topological polar surface area (TPSA) is 26.3 Å². The summed E-state index contributed by atoms with van der Waals surface area (Å²) in [6.45, 7) is 4.41. The Labute approximate surface area is 97.6 Å². The molecule has 0 aliphatic carbocycles. The lowest BCUT2D eigenvalue weighted by molar-refractivity contribution is -0.117. The molecule has 0 saturated carbocycles. The summed E-state index contributed by atoms with van der Waals surface area (Å²) in [6, 6.07) is 10.2. The first-order valence-corrected chi connectivity index (χ1v) is 5.86. The number of carbonyl (C=O) groups is 1. The van der Waals surface area contributed by atoms with Gasteiger partial charge in [0.15, 0.2) is 0 Å². The van der Waals surface area contributed by atoms with Crippen molar-refractivity contribution in [2.24, 2.45) is 0 Å². The smallest absolute Gasteiger partial charge is 0.129 e. The van der Waals surface area contributed by atoms with Crippen molar-refractivity contribution < 1.29 is 9.53 Å². The van der Waals surface area contributed by atoms with E-state index in [2.05, 4.69) is 19.1 Å². The Balaban J connectivity index is 2.16. The van der Waals surface area contributed by atoms with Gasteiger partial charge in [0.2, 0.25) is 0 Å². The highest BCUT2D eigenvalue weighted by atomic mass is 16.5. The van der Waals surface area contributed by atoms with E-state index in [1.807, 2.05) is 18.2 Å². The van der Waals surface area contributed by atoms with Crippen molar-refractivity contribution in [1.29, 1.82) is 0 Å². The van der Waals surface area contributed by atoms with Gasteiger partial charge in [-0.2, -0.15) is 0 Å². The van der Waals surface area contributed by atoms with Gasteiger partial charge in [-0.25, -0.2) is 0 Å². The maximum absolute atomic E-state index is 10.7. The van der Waals surface area contributed by atoms with E-state index in [9.17, 15) is 4.79 Å². The third-order valence-corrected chi connectivity index (χ3v) is 2.56. The van der Waals surface area contributed by atoms with Crippen LogP contribution >= 0.6 is 0 Å². The van der Waals surface area contributed by atoms with Gasteiger partial charge in [0.1, 0.15) is 5.78 Å². The van der Waals surface area contributed by atoms with Crippen LogP contribution in [0.4, 0.5) is 0 Å². The Hall–Kier alpha value is -1.15. The van der Waals surface area contributed by atoms with Gasteiger partial charge in [-0.3, -0.25) is 0 Å². The first-order valence-electron chi connectivity index (χ1n) is 5.86. The van der Waals surface area contributed by atoms with Crippen molar-refractivity contribution in [1.82, 2.24) is 0 Å². The summed E-state index contributed by atoms with van der Waals surface area (Å²) < 4.78 is 5.70. The second kappa shape index (κ2) is 7.18. The molecule has 1 unspecified atom stereocenters. The van der Waals surface area contributed by atoms with Gasteiger partial charge < -0.3 is 9.53 Å². The van der Waals surface area contributed by atoms with E-state index in [-0.39, 0.29) is 11.9 Å². The Morgan fingerprint density at radius 1 is 1.25 bits per heavy atom. The molecule has 0 saturated heterocycles. The predicted molar refractivity (Wildman–Crippen MR) is 65.3 cm³/mol. The lowest BCUT2D eigenvalue weighted by atomic mass is 10.1. The summed E-state index contributed by atoms with van der Waals surface area (Å²) in [4.78, 5) is 10.7. The van der Waals surface area contributed by atoms with E-state index in [0.717, 1.165) is 19.4 Å². The molecule has 0 heterocycles. The van der Waals surface area contributed by atoms with Crippen LogP contribution in [0.1, 0.15) is 44.8 Å². The summed E-state index contributed by atoms with van der Waals surface area (Å²) in [6.07, 6.45) is 2.69. The maximum Gasteiger partial charge on any atom is 0.129 e. The minimum Gasteiger partial charge on any atom is -0.374 e. The van der Waals surface area contributed by atoms with E-state index < -0.39 is 0 Å². The van der Waals surface area contributed by atoms with Crippen LogP contribution in [0.2, 0.25) is 0 Å². The number of ketones is 1. The average Bonchev–Trinajstić information content (AvgIpc) is 2.29. The van der Waals surface area contributed by atoms with Gasteiger partial charge in [-0.05, 0) is 32.3 Å². The number of hydrogen-bond donors (Lipinski definition) is 0. The lowest BCUT2D eigenvalue weighted by Gasteiger charge is -2.12. The molecule has 0 bridgehead atoms. The quantitative estimate of drug-likeness (QED) is 0.657. The summed E-state index contributed by atoms with van der Waals surface area (Å²) >= 11 is 0. The van der Waals surface area contributed by atoms with Crippen molar-refractivity contribution in [2.75, 3.05) is 6.61 Å². The van der Waals surface area contributed by atoms with Gasteiger partial charge in [-0.15, -0.1) is 0 Å². The van der Waals surface area contributed by atoms with Crippen molar-refractivity contribution in [3.8, 4) is 0 Å². The molecule has 88 valence electrons. The molecular formula is C14H20O2. The van der Waals surface area contributed by atoms with Crippen LogP contribution in [0.5, 0.6) is 0 Å². The van der Waals surface area contributed by atoms with Crippen molar-refractivity contribution in [3.05, 3.63) is 35.9 Å². The SMILES string of the molecule is CC(=O)CCCCOC(C)c1ccccc1. The summed E-state index contributed by atoms with van der Waals surface area (Å²) in [7, 11) is 0. The largest absolute Gasteiger partial charge is 0.374 e. The molecule has 0 radical (unpaired) electrons. The molecule has 1 aromatic carbocycles. The number of ether oxygens (including phenoxy) is 1. The number of benzene rings is 1.